The lowest BCUT2D eigenvalue weighted by atomic mass is 10.2. The van der Waals surface area contributed by atoms with Crippen molar-refractivity contribution >= 4 is 23.3 Å². The van der Waals surface area contributed by atoms with Gasteiger partial charge in [0, 0.05) is 6.07 Å². The van der Waals surface area contributed by atoms with Crippen molar-refractivity contribution < 1.29 is 4.74 Å². The number of nitrogens with zero attached hydrogens (tertiary/aromatic N) is 2. The minimum atomic E-state index is 0.345. The lowest BCUT2D eigenvalue weighted by Gasteiger charge is -2.12. The largest absolute Gasteiger partial charge is 0.495 e. The molecule has 0 radical (unpaired) electrons. The summed E-state index contributed by atoms with van der Waals surface area (Å²) in [6.45, 7) is 1.98. The van der Waals surface area contributed by atoms with E-state index in [1.165, 1.54) is 0 Å². The second-order valence-electron chi connectivity index (χ2n) is 4.08. The van der Waals surface area contributed by atoms with E-state index in [-0.39, 0.29) is 0 Å². The monoisotopic (exact) mass is 275 g/mol. The van der Waals surface area contributed by atoms with Crippen LogP contribution in [0.15, 0.2) is 24.3 Å². The van der Waals surface area contributed by atoms with Crippen molar-refractivity contribution in [3.8, 4) is 5.75 Å². The molecule has 0 aliphatic carbocycles. The number of anilines is 4. The number of methoxy groups -OCH3 is 1. The lowest BCUT2D eigenvalue weighted by molar-refractivity contribution is 0.416. The van der Waals surface area contributed by atoms with Crippen LogP contribution in [0.5, 0.6) is 5.75 Å². The smallest absolute Gasteiger partial charge is 0.231 e. The standard InChI is InChI=1S/C12H17N7O/c1-7-3-4-9(20-2)8(5-7)15-12-16-10(18-13)6-11(17-12)19-14/h3-6H,13-14H2,1-2H3,(H3,15,16,17,18,19). The zero-order chi connectivity index (χ0) is 14.5. The molecule has 0 fully saturated rings. The van der Waals surface area contributed by atoms with Crippen LogP contribution in [0.4, 0.5) is 23.3 Å². The number of hydrogen-bond donors (Lipinski definition) is 5. The number of aromatic nitrogens is 2. The Morgan fingerprint density at radius 1 is 1.05 bits per heavy atom. The summed E-state index contributed by atoms with van der Waals surface area (Å²) in [7, 11) is 1.60. The summed E-state index contributed by atoms with van der Waals surface area (Å²) < 4.78 is 5.29. The van der Waals surface area contributed by atoms with Gasteiger partial charge in [0.15, 0.2) is 0 Å². The number of nitrogens with one attached hydrogen (secondary N) is 3. The number of benzene rings is 1. The van der Waals surface area contributed by atoms with Gasteiger partial charge in [0.2, 0.25) is 5.95 Å². The molecule has 8 nitrogen and oxygen atoms in total. The number of hydrogen-bond acceptors (Lipinski definition) is 8. The third kappa shape index (κ3) is 3.05. The molecule has 2 aromatic rings. The molecular weight excluding hydrogens is 258 g/mol. The minimum Gasteiger partial charge on any atom is -0.495 e. The first-order valence-electron chi connectivity index (χ1n) is 5.90. The molecule has 0 spiro atoms. The maximum atomic E-state index is 5.35. The van der Waals surface area contributed by atoms with Crippen LogP contribution in [-0.4, -0.2) is 17.1 Å². The van der Waals surface area contributed by atoms with E-state index in [0.29, 0.717) is 23.3 Å². The Balaban J connectivity index is 2.36. The lowest BCUT2D eigenvalue weighted by Crippen LogP contribution is -2.14. The first-order chi connectivity index (χ1) is 9.66. The van der Waals surface area contributed by atoms with Gasteiger partial charge in [-0.15, -0.1) is 0 Å². The Hall–Kier alpha value is -2.58. The van der Waals surface area contributed by atoms with Crippen LogP contribution in [0.1, 0.15) is 5.56 Å². The Labute approximate surface area is 116 Å². The van der Waals surface area contributed by atoms with Crippen LogP contribution in [0.25, 0.3) is 0 Å². The van der Waals surface area contributed by atoms with Crippen molar-refractivity contribution in [1.82, 2.24) is 9.97 Å². The molecule has 20 heavy (non-hydrogen) atoms. The van der Waals surface area contributed by atoms with E-state index in [0.717, 1.165) is 11.3 Å². The zero-order valence-corrected chi connectivity index (χ0v) is 11.3. The van der Waals surface area contributed by atoms with Gasteiger partial charge in [0.1, 0.15) is 17.4 Å². The first kappa shape index (κ1) is 13.8. The summed E-state index contributed by atoms with van der Waals surface area (Å²) in [5.41, 5.74) is 6.74. The molecule has 106 valence electrons. The predicted octanol–water partition coefficient (Wildman–Crippen LogP) is 1.11. The van der Waals surface area contributed by atoms with Crippen molar-refractivity contribution in [3.63, 3.8) is 0 Å². The van der Waals surface area contributed by atoms with E-state index in [1.54, 1.807) is 13.2 Å². The first-order valence-corrected chi connectivity index (χ1v) is 5.90. The van der Waals surface area contributed by atoms with Crippen molar-refractivity contribution in [2.24, 2.45) is 11.7 Å². The highest BCUT2D eigenvalue weighted by Crippen LogP contribution is 2.28. The third-order valence-electron chi connectivity index (χ3n) is 2.62. The molecule has 0 atom stereocenters. The SMILES string of the molecule is COc1ccc(C)cc1Nc1nc(NN)cc(NN)n1. The summed E-state index contributed by atoms with van der Waals surface area (Å²) in [5.74, 6) is 12.6. The number of hydrazine groups is 2. The Bertz CT molecular complexity index is 580. The summed E-state index contributed by atoms with van der Waals surface area (Å²) >= 11 is 0. The highest BCUT2D eigenvalue weighted by atomic mass is 16.5. The van der Waals surface area contributed by atoms with Gasteiger partial charge in [-0.2, -0.15) is 9.97 Å². The van der Waals surface area contributed by atoms with Crippen LogP contribution < -0.4 is 32.6 Å². The fraction of sp³-hybridized carbons (Fsp3) is 0.167. The molecule has 0 bridgehead atoms. The molecule has 0 aliphatic rings. The number of nitrogen functional groups attached to an aromatic ring is 2. The number of ether oxygens (including phenoxy) is 1. The molecule has 7 N–H and O–H groups in total. The van der Waals surface area contributed by atoms with Crippen molar-refractivity contribution in [1.29, 1.82) is 0 Å². The Morgan fingerprint density at radius 3 is 2.25 bits per heavy atom. The van der Waals surface area contributed by atoms with Gasteiger partial charge in [-0.25, -0.2) is 11.7 Å². The van der Waals surface area contributed by atoms with Crippen LogP contribution in [0.2, 0.25) is 0 Å². The fourth-order valence-electron chi connectivity index (χ4n) is 1.69. The molecule has 0 aliphatic heterocycles. The van der Waals surface area contributed by atoms with E-state index >= 15 is 0 Å². The van der Waals surface area contributed by atoms with E-state index in [2.05, 4.69) is 26.1 Å². The molecule has 1 aromatic carbocycles. The van der Waals surface area contributed by atoms with Gasteiger partial charge in [0.05, 0.1) is 12.8 Å². The van der Waals surface area contributed by atoms with E-state index in [1.807, 2.05) is 25.1 Å². The van der Waals surface area contributed by atoms with Gasteiger partial charge in [0.25, 0.3) is 0 Å². The summed E-state index contributed by atoms with van der Waals surface area (Å²) in [4.78, 5) is 8.38. The Kier molecular flexibility index (Phi) is 4.18. The zero-order valence-electron chi connectivity index (χ0n) is 11.3. The number of nitrogens with two attached hydrogens (primary N) is 2. The molecule has 8 heteroatoms. The maximum absolute atomic E-state index is 5.35. The second-order valence-corrected chi connectivity index (χ2v) is 4.08. The Morgan fingerprint density at radius 2 is 1.70 bits per heavy atom. The van der Waals surface area contributed by atoms with Gasteiger partial charge in [-0.3, -0.25) is 0 Å². The predicted molar refractivity (Wildman–Crippen MR) is 78.7 cm³/mol. The van der Waals surface area contributed by atoms with Gasteiger partial charge < -0.3 is 20.9 Å². The number of aryl methyl sites for hydroxylation is 1. The van der Waals surface area contributed by atoms with Crippen molar-refractivity contribution in [3.05, 3.63) is 29.8 Å². The fourth-order valence-corrected chi connectivity index (χ4v) is 1.69. The molecule has 0 amide bonds. The maximum Gasteiger partial charge on any atom is 0.231 e. The quantitative estimate of drug-likeness (QED) is 0.406. The molecule has 0 saturated heterocycles. The van der Waals surface area contributed by atoms with Crippen LogP contribution in [-0.2, 0) is 0 Å². The molecule has 1 heterocycles. The average molecular weight is 275 g/mol. The van der Waals surface area contributed by atoms with Crippen LogP contribution >= 0.6 is 0 Å². The molecule has 1 aromatic heterocycles. The molecule has 2 rings (SSSR count). The van der Waals surface area contributed by atoms with E-state index in [9.17, 15) is 0 Å². The van der Waals surface area contributed by atoms with E-state index in [4.69, 9.17) is 16.4 Å². The number of rotatable bonds is 5. The topological polar surface area (TPSA) is 123 Å². The van der Waals surface area contributed by atoms with E-state index < -0.39 is 0 Å². The van der Waals surface area contributed by atoms with Gasteiger partial charge in [-0.1, -0.05) is 6.07 Å². The minimum absolute atomic E-state index is 0.345. The van der Waals surface area contributed by atoms with Gasteiger partial charge >= 0.3 is 0 Å². The molecular formula is C12H17N7O. The normalized spacial score (nSPS) is 10.0. The van der Waals surface area contributed by atoms with Crippen molar-refractivity contribution in [2.75, 3.05) is 23.3 Å². The summed E-state index contributed by atoms with van der Waals surface area (Å²) in [6.07, 6.45) is 0. The van der Waals surface area contributed by atoms with Crippen molar-refractivity contribution in [2.45, 2.75) is 6.92 Å². The molecule has 0 unspecified atom stereocenters. The second kappa shape index (κ2) is 6.04. The highest BCUT2D eigenvalue weighted by molar-refractivity contribution is 5.65. The third-order valence-corrected chi connectivity index (χ3v) is 2.62. The van der Waals surface area contributed by atoms with Crippen LogP contribution in [0, 0.1) is 6.92 Å². The summed E-state index contributed by atoms with van der Waals surface area (Å²) in [6, 6.07) is 7.33. The van der Waals surface area contributed by atoms with Crippen LogP contribution in [0.3, 0.4) is 0 Å². The van der Waals surface area contributed by atoms with Gasteiger partial charge in [-0.05, 0) is 24.6 Å². The summed E-state index contributed by atoms with van der Waals surface area (Å²) in [5, 5.41) is 3.08. The highest BCUT2D eigenvalue weighted by Gasteiger charge is 2.08. The average Bonchev–Trinajstić information content (AvgIpc) is 2.47. The molecule has 0 saturated carbocycles.